The van der Waals surface area contributed by atoms with E-state index in [1.54, 1.807) is 11.3 Å². The molecule has 0 aliphatic rings. The zero-order valence-electron chi connectivity index (χ0n) is 17.2. The molecule has 1 heterocycles. The first kappa shape index (κ1) is 21.1. The summed E-state index contributed by atoms with van der Waals surface area (Å²) in [5, 5.41) is 4.16. The SMILES string of the molecule is CCOc1ccc([C@@H](C)NC(=O)CCCc2nc3ccccc3s2)cc1OCC. The Morgan fingerprint density at radius 3 is 2.62 bits per heavy atom. The molecular formula is C23H28N2O3S. The zero-order valence-corrected chi connectivity index (χ0v) is 18.1. The first-order valence-corrected chi connectivity index (χ1v) is 11.0. The van der Waals surface area contributed by atoms with E-state index in [1.165, 1.54) is 4.70 Å². The molecule has 154 valence electrons. The van der Waals surface area contributed by atoms with E-state index in [1.807, 2.05) is 57.2 Å². The minimum Gasteiger partial charge on any atom is -0.490 e. The molecule has 0 saturated carbocycles. The summed E-state index contributed by atoms with van der Waals surface area (Å²) in [4.78, 5) is 17.0. The summed E-state index contributed by atoms with van der Waals surface area (Å²) < 4.78 is 12.5. The molecule has 1 atom stereocenters. The molecule has 0 aliphatic heterocycles. The lowest BCUT2D eigenvalue weighted by Gasteiger charge is -2.17. The van der Waals surface area contributed by atoms with Gasteiger partial charge in [-0.25, -0.2) is 4.98 Å². The van der Waals surface area contributed by atoms with Crippen molar-refractivity contribution in [1.82, 2.24) is 10.3 Å². The number of hydrogen-bond acceptors (Lipinski definition) is 5. The Morgan fingerprint density at radius 1 is 1.10 bits per heavy atom. The average Bonchev–Trinajstić information content (AvgIpc) is 3.12. The highest BCUT2D eigenvalue weighted by Crippen LogP contribution is 2.30. The Labute approximate surface area is 176 Å². The van der Waals surface area contributed by atoms with Crippen LogP contribution in [0.3, 0.4) is 0 Å². The van der Waals surface area contributed by atoms with Gasteiger partial charge in [0.15, 0.2) is 11.5 Å². The minimum atomic E-state index is -0.0974. The highest BCUT2D eigenvalue weighted by Gasteiger charge is 2.13. The van der Waals surface area contributed by atoms with Gasteiger partial charge in [-0.3, -0.25) is 4.79 Å². The molecule has 1 N–H and O–H groups in total. The molecule has 29 heavy (non-hydrogen) atoms. The van der Waals surface area contributed by atoms with Crippen LogP contribution in [0, 0.1) is 0 Å². The maximum Gasteiger partial charge on any atom is 0.220 e. The molecule has 0 aliphatic carbocycles. The molecule has 1 aromatic heterocycles. The lowest BCUT2D eigenvalue weighted by Crippen LogP contribution is -2.26. The number of rotatable bonds is 10. The Balaban J connectivity index is 1.52. The lowest BCUT2D eigenvalue weighted by atomic mass is 10.1. The molecule has 0 unspecified atom stereocenters. The predicted molar refractivity (Wildman–Crippen MR) is 118 cm³/mol. The molecule has 0 fully saturated rings. The van der Waals surface area contributed by atoms with Crippen molar-refractivity contribution < 1.29 is 14.3 Å². The molecular weight excluding hydrogens is 384 g/mol. The molecule has 0 radical (unpaired) electrons. The Morgan fingerprint density at radius 2 is 1.86 bits per heavy atom. The first-order valence-electron chi connectivity index (χ1n) is 10.1. The van der Waals surface area contributed by atoms with Crippen LogP contribution in [-0.2, 0) is 11.2 Å². The van der Waals surface area contributed by atoms with Gasteiger partial charge >= 0.3 is 0 Å². The quantitative estimate of drug-likeness (QED) is 0.491. The number of amides is 1. The van der Waals surface area contributed by atoms with Crippen molar-refractivity contribution in [2.45, 2.75) is 46.1 Å². The van der Waals surface area contributed by atoms with Gasteiger partial charge in [0.1, 0.15) is 0 Å². The topological polar surface area (TPSA) is 60.5 Å². The third kappa shape index (κ3) is 5.70. The Bertz CT molecular complexity index is 921. The van der Waals surface area contributed by atoms with Gasteiger partial charge in [0.2, 0.25) is 5.91 Å². The standard InChI is InChI=1S/C23H28N2O3S/c1-4-27-19-14-13-17(15-20(19)28-5-2)16(3)24-22(26)11-8-12-23-25-18-9-6-7-10-21(18)29-23/h6-7,9-10,13-16H,4-5,8,11-12H2,1-3H3,(H,24,26)/t16-/m1/s1. The van der Waals surface area contributed by atoms with Crippen LogP contribution in [0.5, 0.6) is 11.5 Å². The number of nitrogens with zero attached hydrogens (tertiary/aromatic N) is 1. The van der Waals surface area contributed by atoms with Crippen molar-refractivity contribution in [3.63, 3.8) is 0 Å². The van der Waals surface area contributed by atoms with Crippen molar-refractivity contribution in [3.05, 3.63) is 53.0 Å². The van der Waals surface area contributed by atoms with Crippen LogP contribution in [0.25, 0.3) is 10.2 Å². The van der Waals surface area contributed by atoms with Crippen molar-refractivity contribution in [3.8, 4) is 11.5 Å². The van der Waals surface area contributed by atoms with Crippen molar-refractivity contribution in [1.29, 1.82) is 0 Å². The fourth-order valence-electron chi connectivity index (χ4n) is 3.16. The number of hydrogen-bond donors (Lipinski definition) is 1. The van der Waals surface area contributed by atoms with E-state index >= 15 is 0 Å². The highest BCUT2D eigenvalue weighted by atomic mass is 32.1. The fourth-order valence-corrected chi connectivity index (χ4v) is 4.17. The number of carbonyl (C=O) groups is 1. The summed E-state index contributed by atoms with van der Waals surface area (Å²) in [7, 11) is 0. The molecule has 2 aromatic carbocycles. The molecule has 3 rings (SSSR count). The highest BCUT2D eigenvalue weighted by molar-refractivity contribution is 7.18. The zero-order chi connectivity index (χ0) is 20.6. The number of fused-ring (bicyclic) bond motifs is 1. The van der Waals surface area contributed by atoms with Crippen molar-refractivity contribution in [2.24, 2.45) is 0 Å². The molecule has 0 bridgehead atoms. The van der Waals surface area contributed by atoms with Gasteiger partial charge in [-0.15, -0.1) is 11.3 Å². The van der Waals surface area contributed by atoms with Crippen molar-refractivity contribution >= 4 is 27.5 Å². The number of nitrogens with one attached hydrogen (secondary N) is 1. The number of para-hydroxylation sites is 1. The van der Waals surface area contributed by atoms with E-state index in [-0.39, 0.29) is 11.9 Å². The maximum atomic E-state index is 12.4. The van der Waals surface area contributed by atoms with Gasteiger partial charge in [-0.05, 0) is 63.4 Å². The van der Waals surface area contributed by atoms with Gasteiger partial charge in [-0.2, -0.15) is 0 Å². The van der Waals surface area contributed by atoms with Crippen LogP contribution in [0.1, 0.15) is 50.2 Å². The van der Waals surface area contributed by atoms with Crippen LogP contribution in [0.2, 0.25) is 0 Å². The summed E-state index contributed by atoms with van der Waals surface area (Å²) in [6.45, 7) is 7.02. The molecule has 3 aromatic rings. The van der Waals surface area contributed by atoms with Crippen LogP contribution < -0.4 is 14.8 Å². The molecule has 5 nitrogen and oxygen atoms in total. The second-order valence-corrected chi connectivity index (χ2v) is 7.91. The van der Waals surface area contributed by atoms with E-state index in [0.29, 0.717) is 25.4 Å². The first-order chi connectivity index (χ1) is 14.1. The second kappa shape index (κ2) is 10.3. The number of benzene rings is 2. The second-order valence-electron chi connectivity index (χ2n) is 6.79. The number of aryl methyl sites for hydroxylation is 1. The normalized spacial score (nSPS) is 12.0. The predicted octanol–water partition coefficient (Wildman–Crippen LogP) is 5.29. The average molecular weight is 413 g/mol. The van der Waals surface area contributed by atoms with Crippen LogP contribution in [0.15, 0.2) is 42.5 Å². The van der Waals surface area contributed by atoms with E-state index in [4.69, 9.17) is 9.47 Å². The summed E-state index contributed by atoms with van der Waals surface area (Å²) in [5.41, 5.74) is 2.03. The van der Waals surface area contributed by atoms with Crippen LogP contribution in [-0.4, -0.2) is 24.1 Å². The summed E-state index contributed by atoms with van der Waals surface area (Å²) in [6.07, 6.45) is 2.08. The minimum absolute atomic E-state index is 0.0467. The van der Waals surface area contributed by atoms with Crippen LogP contribution >= 0.6 is 11.3 Å². The van der Waals surface area contributed by atoms with Gasteiger partial charge in [0, 0.05) is 6.42 Å². The van der Waals surface area contributed by atoms with Gasteiger partial charge in [0.05, 0.1) is 34.5 Å². The largest absolute Gasteiger partial charge is 0.490 e. The third-order valence-corrected chi connectivity index (χ3v) is 5.67. The van der Waals surface area contributed by atoms with Gasteiger partial charge in [0.25, 0.3) is 0 Å². The fraction of sp³-hybridized carbons (Fsp3) is 0.391. The summed E-state index contributed by atoms with van der Waals surface area (Å²) in [5.74, 6) is 1.49. The lowest BCUT2D eigenvalue weighted by molar-refractivity contribution is -0.121. The van der Waals surface area contributed by atoms with E-state index < -0.39 is 0 Å². The van der Waals surface area contributed by atoms with E-state index in [0.717, 1.165) is 34.7 Å². The number of thiazole rings is 1. The summed E-state index contributed by atoms with van der Waals surface area (Å²) >= 11 is 1.70. The van der Waals surface area contributed by atoms with Gasteiger partial charge in [-0.1, -0.05) is 18.2 Å². The molecule has 1 amide bonds. The number of aromatic nitrogens is 1. The molecule has 0 saturated heterocycles. The van der Waals surface area contributed by atoms with E-state index in [9.17, 15) is 4.79 Å². The molecule has 6 heteroatoms. The summed E-state index contributed by atoms with van der Waals surface area (Å²) in [6, 6.07) is 13.9. The van der Waals surface area contributed by atoms with Crippen LogP contribution in [0.4, 0.5) is 0 Å². The molecule has 0 spiro atoms. The van der Waals surface area contributed by atoms with E-state index in [2.05, 4.69) is 16.4 Å². The number of carbonyl (C=O) groups excluding carboxylic acids is 1. The monoisotopic (exact) mass is 412 g/mol. The van der Waals surface area contributed by atoms with Gasteiger partial charge < -0.3 is 14.8 Å². The number of ether oxygens (including phenoxy) is 2. The Kier molecular flexibility index (Phi) is 7.47. The van der Waals surface area contributed by atoms with Crippen molar-refractivity contribution in [2.75, 3.05) is 13.2 Å². The maximum absolute atomic E-state index is 12.4. The third-order valence-electron chi connectivity index (χ3n) is 4.58. The Hall–Kier alpha value is -2.60. The smallest absolute Gasteiger partial charge is 0.220 e.